The first-order chi connectivity index (χ1) is 14.9. The minimum absolute atomic E-state index is 0.347. The van der Waals surface area contributed by atoms with Gasteiger partial charge in [0.05, 0.1) is 11.9 Å². The molecule has 0 fully saturated rings. The second kappa shape index (κ2) is 10.5. The van der Waals surface area contributed by atoms with E-state index in [1.807, 2.05) is 48.5 Å². The molecule has 5 nitrogen and oxygen atoms in total. The van der Waals surface area contributed by atoms with E-state index in [1.54, 1.807) is 43.0 Å². The number of hydrogen-bond donors (Lipinski definition) is 1. The highest BCUT2D eigenvalue weighted by atomic mass is 32.2. The highest BCUT2D eigenvalue weighted by Crippen LogP contribution is 2.25. The second-order valence-corrected chi connectivity index (χ2v) is 10.0. The van der Waals surface area contributed by atoms with E-state index >= 15 is 0 Å². The molecule has 162 valence electrons. The second-order valence-electron chi connectivity index (χ2n) is 7.11. The van der Waals surface area contributed by atoms with E-state index in [4.69, 9.17) is 0 Å². The third-order valence-electron chi connectivity index (χ3n) is 4.71. The predicted octanol–water partition coefficient (Wildman–Crippen LogP) is 5.16. The van der Waals surface area contributed by atoms with Crippen molar-refractivity contribution in [2.24, 2.45) is 0 Å². The Bertz CT molecular complexity index is 1090. The summed E-state index contributed by atoms with van der Waals surface area (Å²) in [4.78, 5) is 14.2. The Kier molecular flexibility index (Phi) is 7.76. The molecule has 1 amide bonds. The minimum atomic E-state index is -3.64. The monoisotopic (exact) mass is 454 g/mol. The standard InChI is InChI=1S/C24H26N2O3S2/c1-3-23(26(31(2,28)29)21-10-6-4-7-11-21)24(27)25-20-16-14-19(15-17-20)18-30-22-12-8-5-9-13-22/h4-17,23H,3,18H2,1-2H3,(H,25,27)/t23-/m1/s1. The maximum atomic E-state index is 13.0. The lowest BCUT2D eigenvalue weighted by molar-refractivity contribution is -0.117. The van der Waals surface area contributed by atoms with Gasteiger partial charge in [-0.15, -0.1) is 11.8 Å². The summed E-state index contributed by atoms with van der Waals surface area (Å²) in [6.45, 7) is 1.80. The Labute approximate surface area is 188 Å². The number of carbonyl (C=O) groups excluding carboxylic acids is 1. The molecule has 0 aliphatic heterocycles. The lowest BCUT2D eigenvalue weighted by Crippen LogP contribution is -2.46. The van der Waals surface area contributed by atoms with Gasteiger partial charge in [0.2, 0.25) is 15.9 Å². The first kappa shape index (κ1) is 22.9. The van der Waals surface area contributed by atoms with Crippen LogP contribution in [0.1, 0.15) is 18.9 Å². The average molecular weight is 455 g/mol. The zero-order valence-corrected chi connectivity index (χ0v) is 19.2. The Morgan fingerprint density at radius 1 is 0.935 bits per heavy atom. The number of benzene rings is 3. The predicted molar refractivity (Wildman–Crippen MR) is 129 cm³/mol. The molecule has 0 unspecified atom stereocenters. The van der Waals surface area contributed by atoms with Crippen LogP contribution in [0.4, 0.5) is 11.4 Å². The van der Waals surface area contributed by atoms with Gasteiger partial charge in [-0.3, -0.25) is 9.10 Å². The summed E-state index contributed by atoms with van der Waals surface area (Å²) < 4.78 is 26.1. The topological polar surface area (TPSA) is 66.5 Å². The van der Waals surface area contributed by atoms with Gasteiger partial charge in [0, 0.05) is 16.3 Å². The highest BCUT2D eigenvalue weighted by Gasteiger charge is 2.31. The fourth-order valence-corrected chi connectivity index (χ4v) is 5.32. The average Bonchev–Trinajstić information content (AvgIpc) is 2.77. The van der Waals surface area contributed by atoms with Gasteiger partial charge < -0.3 is 5.32 Å². The molecule has 1 N–H and O–H groups in total. The number of rotatable bonds is 9. The van der Waals surface area contributed by atoms with Crippen LogP contribution in [0.3, 0.4) is 0 Å². The number of hydrogen-bond acceptors (Lipinski definition) is 4. The Morgan fingerprint density at radius 3 is 2.06 bits per heavy atom. The van der Waals surface area contributed by atoms with E-state index in [0.29, 0.717) is 17.8 Å². The van der Waals surface area contributed by atoms with E-state index in [0.717, 1.165) is 17.6 Å². The molecule has 0 aromatic heterocycles. The van der Waals surface area contributed by atoms with Crippen molar-refractivity contribution in [3.8, 4) is 0 Å². The number of thioether (sulfide) groups is 1. The van der Waals surface area contributed by atoms with Gasteiger partial charge in [0.25, 0.3) is 0 Å². The van der Waals surface area contributed by atoms with E-state index in [1.165, 1.54) is 9.20 Å². The maximum absolute atomic E-state index is 13.0. The molecule has 1 atom stereocenters. The maximum Gasteiger partial charge on any atom is 0.248 e. The fourth-order valence-electron chi connectivity index (χ4n) is 3.23. The molecule has 7 heteroatoms. The van der Waals surface area contributed by atoms with Crippen LogP contribution < -0.4 is 9.62 Å². The summed E-state index contributed by atoms with van der Waals surface area (Å²) in [7, 11) is -3.64. The van der Waals surface area contributed by atoms with Gasteiger partial charge in [-0.2, -0.15) is 0 Å². The van der Waals surface area contributed by atoms with Gasteiger partial charge in [-0.05, 0) is 48.4 Å². The van der Waals surface area contributed by atoms with Crippen molar-refractivity contribution in [2.45, 2.75) is 30.0 Å². The van der Waals surface area contributed by atoms with E-state index in [9.17, 15) is 13.2 Å². The third kappa shape index (κ3) is 6.35. The van der Waals surface area contributed by atoms with Gasteiger partial charge >= 0.3 is 0 Å². The molecule has 0 aliphatic carbocycles. The summed E-state index contributed by atoms with van der Waals surface area (Å²) in [5.74, 6) is 0.467. The largest absolute Gasteiger partial charge is 0.324 e. The van der Waals surface area contributed by atoms with Gasteiger partial charge in [-0.1, -0.05) is 55.5 Å². The Balaban J connectivity index is 1.69. The zero-order valence-electron chi connectivity index (χ0n) is 17.6. The van der Waals surface area contributed by atoms with Crippen LogP contribution >= 0.6 is 11.8 Å². The first-order valence-corrected chi connectivity index (χ1v) is 12.8. The number of amides is 1. The molecule has 0 radical (unpaired) electrons. The molecule has 0 bridgehead atoms. The van der Waals surface area contributed by atoms with Crippen molar-refractivity contribution >= 4 is 39.1 Å². The molecule has 3 aromatic carbocycles. The first-order valence-electron chi connectivity index (χ1n) is 10.0. The summed E-state index contributed by atoms with van der Waals surface area (Å²) in [6.07, 6.45) is 1.47. The van der Waals surface area contributed by atoms with Crippen LogP contribution in [-0.4, -0.2) is 26.6 Å². The molecule has 0 heterocycles. The normalized spacial score (nSPS) is 12.2. The van der Waals surface area contributed by atoms with Crippen molar-refractivity contribution < 1.29 is 13.2 Å². The lowest BCUT2D eigenvalue weighted by Gasteiger charge is -2.30. The van der Waals surface area contributed by atoms with E-state index in [-0.39, 0.29) is 5.91 Å². The molecule has 3 aromatic rings. The molecular weight excluding hydrogens is 428 g/mol. The molecule has 0 aliphatic rings. The van der Waals surface area contributed by atoms with Crippen molar-refractivity contribution in [3.63, 3.8) is 0 Å². The fraction of sp³-hybridized carbons (Fsp3) is 0.208. The van der Waals surface area contributed by atoms with Crippen LogP contribution in [0.2, 0.25) is 0 Å². The highest BCUT2D eigenvalue weighted by molar-refractivity contribution is 7.98. The van der Waals surface area contributed by atoms with Gasteiger partial charge in [0.15, 0.2) is 0 Å². The molecule has 3 rings (SSSR count). The number of nitrogens with zero attached hydrogens (tertiary/aromatic N) is 1. The number of nitrogens with one attached hydrogen (secondary N) is 1. The summed E-state index contributed by atoms with van der Waals surface area (Å²) in [5.41, 5.74) is 2.25. The smallest absolute Gasteiger partial charge is 0.248 e. The van der Waals surface area contributed by atoms with E-state index < -0.39 is 16.1 Å². The number of sulfonamides is 1. The van der Waals surface area contributed by atoms with Crippen molar-refractivity contribution in [1.29, 1.82) is 0 Å². The Hall–Kier alpha value is -2.77. The number of anilines is 2. The zero-order chi connectivity index (χ0) is 22.3. The van der Waals surface area contributed by atoms with Crippen LogP contribution in [0.25, 0.3) is 0 Å². The summed E-state index contributed by atoms with van der Waals surface area (Å²) in [6, 6.07) is 25.7. The molecule has 31 heavy (non-hydrogen) atoms. The van der Waals surface area contributed by atoms with Crippen LogP contribution in [0, 0.1) is 0 Å². The SMILES string of the molecule is CC[C@H](C(=O)Nc1ccc(CSc2ccccc2)cc1)N(c1ccccc1)S(C)(=O)=O. The van der Waals surface area contributed by atoms with Crippen molar-refractivity contribution in [1.82, 2.24) is 0 Å². The lowest BCUT2D eigenvalue weighted by atomic mass is 10.1. The summed E-state index contributed by atoms with van der Waals surface area (Å²) in [5, 5.41) is 2.86. The molecule has 0 spiro atoms. The van der Waals surface area contributed by atoms with Crippen molar-refractivity contribution in [3.05, 3.63) is 90.5 Å². The minimum Gasteiger partial charge on any atom is -0.324 e. The van der Waals surface area contributed by atoms with E-state index in [2.05, 4.69) is 17.4 Å². The van der Waals surface area contributed by atoms with Crippen LogP contribution in [0.15, 0.2) is 89.8 Å². The Morgan fingerprint density at radius 2 is 1.52 bits per heavy atom. The number of para-hydroxylation sites is 1. The van der Waals surface area contributed by atoms with Gasteiger partial charge in [0.1, 0.15) is 6.04 Å². The number of carbonyl (C=O) groups is 1. The van der Waals surface area contributed by atoms with Crippen molar-refractivity contribution in [2.75, 3.05) is 15.9 Å². The third-order valence-corrected chi connectivity index (χ3v) is 6.97. The molecule has 0 saturated heterocycles. The van der Waals surface area contributed by atoms with Crippen LogP contribution in [-0.2, 0) is 20.6 Å². The van der Waals surface area contributed by atoms with Gasteiger partial charge in [-0.25, -0.2) is 8.42 Å². The molecular formula is C24H26N2O3S2. The van der Waals surface area contributed by atoms with Crippen LogP contribution in [0.5, 0.6) is 0 Å². The quantitative estimate of drug-likeness (QED) is 0.454. The molecule has 0 saturated carbocycles. The summed E-state index contributed by atoms with van der Waals surface area (Å²) >= 11 is 1.75.